The highest BCUT2D eigenvalue weighted by Gasteiger charge is 2.43. The molecule has 21 heavy (non-hydrogen) atoms. The zero-order valence-electron chi connectivity index (χ0n) is 11.5. The van der Waals surface area contributed by atoms with Crippen LogP contribution in [0.2, 0.25) is 0 Å². The first-order valence-electron chi connectivity index (χ1n) is 6.48. The minimum absolute atomic E-state index is 0.473. The maximum atomic E-state index is 10.1. The van der Waals surface area contributed by atoms with Crippen molar-refractivity contribution in [3.05, 3.63) is 29.3 Å². The van der Waals surface area contributed by atoms with Gasteiger partial charge in [-0.3, -0.25) is 0 Å². The predicted molar refractivity (Wildman–Crippen MR) is 73.6 cm³/mol. The highest BCUT2D eigenvalue weighted by Crippen LogP contribution is 2.34. The molecule has 0 bridgehead atoms. The van der Waals surface area contributed by atoms with Gasteiger partial charge in [0.15, 0.2) is 0 Å². The lowest BCUT2D eigenvalue weighted by Crippen LogP contribution is -2.55. The van der Waals surface area contributed by atoms with Gasteiger partial charge in [-0.25, -0.2) is 0 Å². The first-order valence-corrected chi connectivity index (χ1v) is 6.48. The molecule has 0 aliphatic carbocycles. The van der Waals surface area contributed by atoms with Crippen LogP contribution in [0.4, 0.5) is 0 Å². The lowest BCUT2D eigenvalue weighted by Gasteiger charge is -2.40. The van der Waals surface area contributed by atoms with Crippen molar-refractivity contribution in [2.45, 2.75) is 30.5 Å². The molecular formula is C15H18O6. The topological polar surface area (TPSA) is 99.4 Å². The largest absolute Gasteiger partial charge is 0.495 e. The fourth-order valence-corrected chi connectivity index (χ4v) is 2.39. The van der Waals surface area contributed by atoms with Gasteiger partial charge in [0.2, 0.25) is 0 Å². The maximum absolute atomic E-state index is 10.1. The summed E-state index contributed by atoms with van der Waals surface area (Å²) >= 11 is 0. The lowest BCUT2D eigenvalue weighted by molar-refractivity contribution is -0.231. The molecule has 6 heteroatoms. The van der Waals surface area contributed by atoms with Crippen molar-refractivity contribution in [3.63, 3.8) is 0 Å². The van der Waals surface area contributed by atoms with E-state index in [9.17, 15) is 20.4 Å². The molecule has 6 nitrogen and oxygen atoms in total. The second-order valence-corrected chi connectivity index (χ2v) is 4.85. The van der Waals surface area contributed by atoms with Crippen LogP contribution in [-0.4, -0.2) is 58.6 Å². The number of hydrogen-bond acceptors (Lipinski definition) is 6. The molecule has 5 unspecified atom stereocenters. The molecule has 1 aliphatic heterocycles. The zero-order chi connectivity index (χ0) is 15.6. The third kappa shape index (κ3) is 2.88. The highest BCUT2D eigenvalue weighted by molar-refractivity contribution is 5.47. The van der Waals surface area contributed by atoms with Gasteiger partial charge in [-0.2, -0.15) is 0 Å². The van der Waals surface area contributed by atoms with E-state index in [1.165, 1.54) is 7.11 Å². The number of aliphatic hydroxyl groups excluding tert-OH is 4. The van der Waals surface area contributed by atoms with Crippen LogP contribution in [0.1, 0.15) is 17.2 Å². The molecule has 4 N–H and O–H groups in total. The molecule has 0 aromatic heterocycles. The molecule has 0 saturated carbocycles. The smallest absolute Gasteiger partial charge is 0.134 e. The molecule has 0 radical (unpaired) electrons. The van der Waals surface area contributed by atoms with Crippen LogP contribution in [0.5, 0.6) is 5.75 Å². The first kappa shape index (κ1) is 15.8. The van der Waals surface area contributed by atoms with Crippen LogP contribution in [-0.2, 0) is 4.74 Å². The molecule has 1 heterocycles. The molecular weight excluding hydrogens is 276 g/mol. The van der Waals surface area contributed by atoms with Gasteiger partial charge in [-0.05, 0) is 17.7 Å². The van der Waals surface area contributed by atoms with Crippen molar-refractivity contribution in [3.8, 4) is 18.1 Å². The first-order chi connectivity index (χ1) is 10.0. The average Bonchev–Trinajstić information content (AvgIpc) is 2.52. The number of rotatable bonds is 3. The zero-order valence-corrected chi connectivity index (χ0v) is 11.5. The maximum Gasteiger partial charge on any atom is 0.134 e. The second kappa shape index (κ2) is 6.43. The molecule has 2 rings (SSSR count). The summed E-state index contributed by atoms with van der Waals surface area (Å²) < 4.78 is 10.6. The van der Waals surface area contributed by atoms with Crippen molar-refractivity contribution < 1.29 is 29.9 Å². The van der Waals surface area contributed by atoms with E-state index >= 15 is 0 Å². The third-order valence-corrected chi connectivity index (χ3v) is 3.60. The molecule has 1 aromatic carbocycles. The van der Waals surface area contributed by atoms with E-state index in [0.29, 0.717) is 16.9 Å². The molecule has 1 saturated heterocycles. The van der Waals surface area contributed by atoms with Gasteiger partial charge >= 0.3 is 0 Å². The van der Waals surface area contributed by atoms with Crippen molar-refractivity contribution in [2.24, 2.45) is 0 Å². The average molecular weight is 294 g/mol. The van der Waals surface area contributed by atoms with Crippen LogP contribution in [0, 0.1) is 12.3 Å². The number of ether oxygens (including phenoxy) is 2. The number of aliphatic hydroxyl groups is 4. The van der Waals surface area contributed by atoms with Crippen molar-refractivity contribution in [2.75, 3.05) is 13.7 Å². The summed E-state index contributed by atoms with van der Waals surface area (Å²) in [5, 5.41) is 38.8. The molecule has 1 aliphatic rings. The minimum Gasteiger partial charge on any atom is -0.495 e. The molecule has 1 aromatic rings. The van der Waals surface area contributed by atoms with Gasteiger partial charge in [0.25, 0.3) is 0 Å². The molecule has 5 atom stereocenters. The van der Waals surface area contributed by atoms with E-state index < -0.39 is 37.1 Å². The Bertz CT molecular complexity index is 535. The van der Waals surface area contributed by atoms with E-state index in [4.69, 9.17) is 15.9 Å². The Labute approximate surface area is 122 Å². The van der Waals surface area contributed by atoms with Crippen LogP contribution < -0.4 is 4.74 Å². The Morgan fingerprint density at radius 3 is 2.52 bits per heavy atom. The highest BCUT2D eigenvalue weighted by atomic mass is 16.5. The Hall–Kier alpha value is -1.62. The predicted octanol–water partition coefficient (Wildman–Crippen LogP) is -0.809. The van der Waals surface area contributed by atoms with E-state index in [-0.39, 0.29) is 0 Å². The molecule has 114 valence electrons. The summed E-state index contributed by atoms with van der Waals surface area (Å²) in [6, 6.07) is 4.88. The summed E-state index contributed by atoms with van der Waals surface area (Å²) in [5.74, 6) is 2.97. The van der Waals surface area contributed by atoms with Gasteiger partial charge in [-0.15, -0.1) is 6.42 Å². The summed E-state index contributed by atoms with van der Waals surface area (Å²) in [4.78, 5) is 0. The van der Waals surface area contributed by atoms with E-state index in [1.54, 1.807) is 18.2 Å². The van der Waals surface area contributed by atoms with E-state index in [0.717, 1.165) is 0 Å². The summed E-state index contributed by atoms with van der Waals surface area (Å²) in [5.41, 5.74) is 1.01. The third-order valence-electron chi connectivity index (χ3n) is 3.60. The van der Waals surface area contributed by atoms with Crippen molar-refractivity contribution in [1.82, 2.24) is 0 Å². The monoisotopic (exact) mass is 294 g/mol. The Morgan fingerprint density at radius 1 is 1.24 bits per heavy atom. The number of methoxy groups -OCH3 is 1. The Balaban J connectivity index is 2.34. The van der Waals surface area contributed by atoms with Crippen LogP contribution in [0.3, 0.4) is 0 Å². The minimum atomic E-state index is -1.42. The number of benzene rings is 1. The summed E-state index contributed by atoms with van der Waals surface area (Å²) in [6.45, 7) is -0.473. The quantitative estimate of drug-likeness (QED) is 0.544. The number of hydrogen-bond donors (Lipinski definition) is 4. The van der Waals surface area contributed by atoms with Gasteiger partial charge < -0.3 is 29.9 Å². The summed E-state index contributed by atoms with van der Waals surface area (Å²) in [6.07, 6.45) is -0.592. The second-order valence-electron chi connectivity index (χ2n) is 4.85. The van der Waals surface area contributed by atoms with Gasteiger partial charge in [-0.1, -0.05) is 12.0 Å². The van der Waals surface area contributed by atoms with Crippen LogP contribution in [0.25, 0.3) is 0 Å². The van der Waals surface area contributed by atoms with Crippen molar-refractivity contribution >= 4 is 0 Å². The van der Waals surface area contributed by atoms with Crippen LogP contribution in [0.15, 0.2) is 18.2 Å². The fourth-order valence-electron chi connectivity index (χ4n) is 2.39. The van der Waals surface area contributed by atoms with Crippen LogP contribution >= 0.6 is 0 Å². The fraction of sp³-hybridized carbons (Fsp3) is 0.467. The Kier molecular flexibility index (Phi) is 4.83. The van der Waals surface area contributed by atoms with Gasteiger partial charge in [0.1, 0.15) is 36.3 Å². The van der Waals surface area contributed by atoms with Gasteiger partial charge in [0.05, 0.1) is 19.3 Å². The lowest BCUT2D eigenvalue weighted by atomic mass is 9.90. The summed E-state index contributed by atoms with van der Waals surface area (Å²) in [7, 11) is 1.49. The van der Waals surface area contributed by atoms with Gasteiger partial charge in [0, 0.05) is 0 Å². The SMILES string of the molecule is C#Cc1cc(C2OC(CO)C(O)C(O)C2O)ccc1OC. The van der Waals surface area contributed by atoms with Crippen molar-refractivity contribution in [1.29, 1.82) is 0 Å². The van der Waals surface area contributed by atoms with E-state index in [1.807, 2.05) is 0 Å². The normalized spacial score (nSPS) is 32.5. The molecule has 0 amide bonds. The number of terminal acetylenes is 1. The van der Waals surface area contributed by atoms with E-state index in [2.05, 4.69) is 5.92 Å². The molecule has 1 fully saturated rings. The standard InChI is InChI=1S/C15H18O6/c1-3-8-6-9(4-5-10(8)20-2)15-14(19)13(18)12(17)11(7-16)21-15/h1,4-6,11-19H,7H2,2H3. The Morgan fingerprint density at radius 2 is 1.95 bits per heavy atom. The molecule has 0 spiro atoms.